The molecular weight excluding hydrogens is 295 g/mol. The SMILES string of the molecule is O=C(N1CC(N2CCN(c3ccccc3)CC2)C1)C(F)(F)F. The molecule has 1 aromatic carbocycles. The lowest BCUT2D eigenvalue weighted by atomic mass is 10.1. The van der Waals surface area contributed by atoms with E-state index in [0.717, 1.165) is 31.1 Å². The highest BCUT2D eigenvalue weighted by Gasteiger charge is 2.47. The summed E-state index contributed by atoms with van der Waals surface area (Å²) in [5.74, 6) is -1.72. The number of likely N-dealkylation sites (tertiary alicyclic amines) is 1. The molecule has 2 heterocycles. The van der Waals surface area contributed by atoms with Crippen molar-refractivity contribution in [2.75, 3.05) is 44.2 Å². The van der Waals surface area contributed by atoms with Crippen LogP contribution in [-0.2, 0) is 4.79 Å². The number of nitrogens with zero attached hydrogens (tertiary/aromatic N) is 3. The summed E-state index contributed by atoms with van der Waals surface area (Å²) in [6.45, 7) is 3.70. The standard InChI is InChI=1S/C15H18F3N3O/c16-15(17,18)14(22)21-10-13(11-21)20-8-6-19(7-9-20)12-4-2-1-3-5-12/h1-5,13H,6-11H2. The number of anilines is 1. The van der Waals surface area contributed by atoms with E-state index < -0.39 is 12.1 Å². The van der Waals surface area contributed by atoms with Crippen molar-refractivity contribution in [3.63, 3.8) is 0 Å². The van der Waals surface area contributed by atoms with Gasteiger partial charge < -0.3 is 9.80 Å². The summed E-state index contributed by atoms with van der Waals surface area (Å²) in [5, 5.41) is 0. The van der Waals surface area contributed by atoms with Gasteiger partial charge in [-0.1, -0.05) is 18.2 Å². The lowest BCUT2D eigenvalue weighted by molar-refractivity contribution is -0.192. The van der Waals surface area contributed by atoms with Gasteiger partial charge in [-0.2, -0.15) is 13.2 Å². The molecule has 120 valence electrons. The van der Waals surface area contributed by atoms with E-state index in [0.29, 0.717) is 0 Å². The summed E-state index contributed by atoms with van der Waals surface area (Å²) in [7, 11) is 0. The number of amides is 1. The van der Waals surface area contributed by atoms with Crippen molar-refractivity contribution in [3.8, 4) is 0 Å². The highest BCUT2D eigenvalue weighted by molar-refractivity contribution is 5.82. The largest absolute Gasteiger partial charge is 0.471 e. The van der Waals surface area contributed by atoms with E-state index in [2.05, 4.69) is 21.9 Å². The third kappa shape index (κ3) is 3.04. The van der Waals surface area contributed by atoms with Crippen molar-refractivity contribution in [2.45, 2.75) is 12.2 Å². The first-order valence-corrected chi connectivity index (χ1v) is 7.35. The molecule has 22 heavy (non-hydrogen) atoms. The van der Waals surface area contributed by atoms with Gasteiger partial charge in [-0.05, 0) is 12.1 Å². The molecule has 3 rings (SSSR count). The average molecular weight is 313 g/mol. The van der Waals surface area contributed by atoms with Crippen molar-refractivity contribution in [1.29, 1.82) is 0 Å². The van der Waals surface area contributed by atoms with Crippen molar-refractivity contribution in [2.24, 2.45) is 0 Å². The van der Waals surface area contributed by atoms with Crippen LogP contribution in [0.4, 0.5) is 18.9 Å². The number of alkyl halides is 3. The first kappa shape index (κ1) is 15.1. The lowest BCUT2D eigenvalue weighted by Gasteiger charge is -2.48. The topological polar surface area (TPSA) is 26.8 Å². The van der Waals surface area contributed by atoms with E-state index in [9.17, 15) is 18.0 Å². The molecule has 0 bridgehead atoms. The zero-order chi connectivity index (χ0) is 15.7. The van der Waals surface area contributed by atoms with Crippen LogP contribution in [0.3, 0.4) is 0 Å². The Labute approximate surface area is 127 Å². The van der Waals surface area contributed by atoms with Gasteiger partial charge in [0.15, 0.2) is 0 Å². The summed E-state index contributed by atoms with van der Waals surface area (Å²) in [6, 6.07) is 10.1. The molecular formula is C15H18F3N3O. The molecule has 0 saturated carbocycles. The quantitative estimate of drug-likeness (QED) is 0.829. The van der Waals surface area contributed by atoms with Crippen LogP contribution in [0.2, 0.25) is 0 Å². The number of hydrogen-bond donors (Lipinski definition) is 0. The van der Waals surface area contributed by atoms with Gasteiger partial charge in [0, 0.05) is 51.0 Å². The molecule has 1 aromatic rings. The minimum absolute atomic E-state index is 0.0595. The molecule has 2 aliphatic heterocycles. The number of hydrogen-bond acceptors (Lipinski definition) is 3. The maximum absolute atomic E-state index is 12.3. The second-order valence-electron chi connectivity index (χ2n) is 5.72. The predicted molar refractivity (Wildman–Crippen MR) is 76.7 cm³/mol. The number of para-hydroxylation sites is 1. The van der Waals surface area contributed by atoms with E-state index >= 15 is 0 Å². The Hall–Kier alpha value is -1.76. The predicted octanol–water partition coefficient (Wildman–Crippen LogP) is 1.58. The third-order valence-electron chi connectivity index (χ3n) is 4.34. The molecule has 4 nitrogen and oxygen atoms in total. The van der Waals surface area contributed by atoms with Crippen molar-refractivity contribution < 1.29 is 18.0 Å². The highest BCUT2D eigenvalue weighted by atomic mass is 19.4. The Bertz CT molecular complexity index is 521. The molecule has 1 amide bonds. The molecule has 2 fully saturated rings. The van der Waals surface area contributed by atoms with E-state index in [1.54, 1.807) is 0 Å². The fraction of sp³-hybridized carbons (Fsp3) is 0.533. The summed E-state index contributed by atoms with van der Waals surface area (Å²) in [4.78, 5) is 16.4. The Morgan fingerprint density at radius 3 is 2.14 bits per heavy atom. The summed E-state index contributed by atoms with van der Waals surface area (Å²) in [6.07, 6.45) is -4.75. The molecule has 7 heteroatoms. The first-order chi connectivity index (χ1) is 10.4. The monoisotopic (exact) mass is 313 g/mol. The Kier molecular flexibility index (Phi) is 3.99. The minimum atomic E-state index is -4.75. The van der Waals surface area contributed by atoms with Crippen LogP contribution in [-0.4, -0.2) is 67.2 Å². The van der Waals surface area contributed by atoms with E-state index in [4.69, 9.17) is 0 Å². The van der Waals surface area contributed by atoms with Crippen molar-refractivity contribution in [3.05, 3.63) is 30.3 Å². The van der Waals surface area contributed by atoms with Gasteiger partial charge in [0.25, 0.3) is 0 Å². The van der Waals surface area contributed by atoms with Gasteiger partial charge >= 0.3 is 12.1 Å². The molecule has 0 unspecified atom stereocenters. The second kappa shape index (κ2) is 5.79. The number of piperazine rings is 1. The van der Waals surface area contributed by atoms with Gasteiger partial charge in [-0.3, -0.25) is 9.69 Å². The van der Waals surface area contributed by atoms with Gasteiger partial charge in [0.05, 0.1) is 0 Å². The maximum atomic E-state index is 12.3. The zero-order valence-electron chi connectivity index (χ0n) is 12.1. The highest BCUT2D eigenvalue weighted by Crippen LogP contribution is 2.25. The Balaban J connectivity index is 1.47. The fourth-order valence-corrected chi connectivity index (χ4v) is 3.02. The summed E-state index contributed by atoms with van der Waals surface area (Å²) < 4.78 is 37.0. The van der Waals surface area contributed by atoms with Crippen LogP contribution in [0.1, 0.15) is 0 Å². The van der Waals surface area contributed by atoms with Crippen LogP contribution in [0.5, 0.6) is 0 Å². The van der Waals surface area contributed by atoms with Gasteiger partial charge in [0.1, 0.15) is 0 Å². The smallest absolute Gasteiger partial charge is 0.369 e. The molecule has 0 aliphatic carbocycles. The van der Waals surface area contributed by atoms with Gasteiger partial charge in [-0.15, -0.1) is 0 Å². The zero-order valence-corrected chi connectivity index (χ0v) is 12.1. The Morgan fingerprint density at radius 1 is 1.00 bits per heavy atom. The van der Waals surface area contributed by atoms with Gasteiger partial charge in [-0.25, -0.2) is 0 Å². The third-order valence-corrected chi connectivity index (χ3v) is 4.34. The number of benzene rings is 1. The molecule has 0 N–H and O–H groups in total. The van der Waals surface area contributed by atoms with E-state index in [1.807, 2.05) is 18.2 Å². The maximum Gasteiger partial charge on any atom is 0.471 e. The number of carbonyl (C=O) groups excluding carboxylic acids is 1. The van der Waals surface area contributed by atoms with Crippen LogP contribution < -0.4 is 4.90 Å². The normalized spacial score (nSPS) is 20.9. The van der Waals surface area contributed by atoms with E-state index in [1.165, 1.54) is 5.69 Å². The molecule has 2 aliphatic rings. The molecule has 0 atom stereocenters. The molecule has 0 spiro atoms. The Morgan fingerprint density at radius 2 is 1.59 bits per heavy atom. The van der Waals surface area contributed by atoms with Crippen LogP contribution in [0.25, 0.3) is 0 Å². The number of rotatable bonds is 2. The minimum Gasteiger partial charge on any atom is -0.369 e. The lowest BCUT2D eigenvalue weighted by Crippen LogP contribution is -2.65. The van der Waals surface area contributed by atoms with Crippen LogP contribution >= 0.6 is 0 Å². The molecule has 2 saturated heterocycles. The second-order valence-corrected chi connectivity index (χ2v) is 5.72. The molecule has 0 aromatic heterocycles. The number of halogens is 3. The van der Waals surface area contributed by atoms with Gasteiger partial charge in [0.2, 0.25) is 0 Å². The number of carbonyl (C=O) groups is 1. The van der Waals surface area contributed by atoms with Crippen LogP contribution in [0, 0.1) is 0 Å². The van der Waals surface area contributed by atoms with Crippen molar-refractivity contribution >= 4 is 11.6 Å². The summed E-state index contributed by atoms with van der Waals surface area (Å²) in [5.41, 5.74) is 1.17. The average Bonchev–Trinajstić information content (AvgIpc) is 2.46. The van der Waals surface area contributed by atoms with E-state index in [-0.39, 0.29) is 19.1 Å². The summed E-state index contributed by atoms with van der Waals surface area (Å²) >= 11 is 0. The fourth-order valence-electron chi connectivity index (χ4n) is 3.02. The van der Waals surface area contributed by atoms with Crippen molar-refractivity contribution in [1.82, 2.24) is 9.80 Å². The van der Waals surface area contributed by atoms with Crippen LogP contribution in [0.15, 0.2) is 30.3 Å². The first-order valence-electron chi connectivity index (χ1n) is 7.35. The molecule has 0 radical (unpaired) electrons.